The molecule has 0 aliphatic heterocycles. The van der Waals surface area contributed by atoms with Gasteiger partial charge in [0.25, 0.3) is 0 Å². The lowest BCUT2D eigenvalue weighted by atomic mass is 10.1. The van der Waals surface area contributed by atoms with Crippen LogP contribution in [0.15, 0.2) is 95.7 Å². The van der Waals surface area contributed by atoms with Gasteiger partial charge in [-0.3, -0.25) is 0 Å². The number of para-hydroxylation sites is 3. The largest absolute Gasteiger partial charge is 0.353 e. The first kappa shape index (κ1) is 16.7. The van der Waals surface area contributed by atoms with Gasteiger partial charge in [0.2, 0.25) is 0 Å². The zero-order chi connectivity index (χ0) is 20.1. The van der Waals surface area contributed by atoms with Crippen molar-refractivity contribution in [2.45, 2.75) is 0 Å². The molecule has 2 N–H and O–H groups in total. The number of fused-ring (bicyclic) bond motifs is 6. The molecule has 2 heterocycles. The SMILES string of the molecule is C=Cc1ccc2c([nH]c3ccccc32)c1N=Nc1cccc2c1[nH]c1ccccc12. The number of rotatable bonds is 3. The van der Waals surface area contributed by atoms with Crippen molar-refractivity contribution in [1.29, 1.82) is 0 Å². The Bertz CT molecular complexity index is 1610. The number of aromatic amines is 2. The Labute approximate surface area is 172 Å². The Morgan fingerprint density at radius 3 is 1.97 bits per heavy atom. The normalized spacial score (nSPS) is 12.0. The summed E-state index contributed by atoms with van der Waals surface area (Å²) in [5.74, 6) is 0. The molecule has 0 fully saturated rings. The van der Waals surface area contributed by atoms with Crippen LogP contribution in [0, 0.1) is 0 Å². The van der Waals surface area contributed by atoms with Gasteiger partial charge in [-0.2, -0.15) is 0 Å². The van der Waals surface area contributed by atoms with Crippen LogP contribution in [0.1, 0.15) is 5.56 Å². The number of nitrogens with one attached hydrogen (secondary N) is 2. The highest BCUT2D eigenvalue weighted by molar-refractivity contribution is 6.12. The van der Waals surface area contributed by atoms with Gasteiger partial charge in [-0.1, -0.05) is 73.3 Å². The van der Waals surface area contributed by atoms with Crippen molar-refractivity contribution in [3.8, 4) is 0 Å². The van der Waals surface area contributed by atoms with Gasteiger partial charge in [0.05, 0.1) is 11.0 Å². The Hall–Kier alpha value is -4.18. The van der Waals surface area contributed by atoms with E-state index in [1.54, 1.807) is 0 Å². The smallest absolute Gasteiger partial charge is 0.117 e. The van der Waals surface area contributed by atoms with Crippen molar-refractivity contribution in [3.63, 3.8) is 0 Å². The molecule has 4 nitrogen and oxygen atoms in total. The lowest BCUT2D eigenvalue weighted by Gasteiger charge is -2.02. The summed E-state index contributed by atoms with van der Waals surface area (Å²) in [5.41, 5.74) is 6.70. The fourth-order valence-electron chi connectivity index (χ4n) is 4.24. The number of H-pyrrole nitrogens is 2. The summed E-state index contributed by atoms with van der Waals surface area (Å²) in [6, 6.07) is 26.9. The highest BCUT2D eigenvalue weighted by Gasteiger charge is 2.12. The second kappa shape index (κ2) is 6.42. The average Bonchev–Trinajstić information content (AvgIpc) is 3.36. The summed E-state index contributed by atoms with van der Waals surface area (Å²) in [6.07, 6.45) is 1.82. The van der Waals surface area contributed by atoms with E-state index < -0.39 is 0 Å². The van der Waals surface area contributed by atoms with Crippen molar-refractivity contribution in [2.24, 2.45) is 10.2 Å². The van der Waals surface area contributed by atoms with Crippen molar-refractivity contribution >= 4 is 61.1 Å². The molecule has 0 saturated heterocycles. The van der Waals surface area contributed by atoms with Crippen LogP contribution < -0.4 is 0 Å². The summed E-state index contributed by atoms with van der Waals surface area (Å²) in [7, 11) is 0. The lowest BCUT2D eigenvalue weighted by molar-refractivity contribution is 1.24. The van der Waals surface area contributed by atoms with Crippen molar-refractivity contribution in [1.82, 2.24) is 9.97 Å². The van der Waals surface area contributed by atoms with E-state index in [0.717, 1.165) is 49.8 Å². The van der Waals surface area contributed by atoms with Gasteiger partial charge >= 0.3 is 0 Å². The van der Waals surface area contributed by atoms with E-state index in [1.165, 1.54) is 10.8 Å². The molecule has 4 aromatic carbocycles. The van der Waals surface area contributed by atoms with Crippen LogP contribution in [0.3, 0.4) is 0 Å². The first-order chi connectivity index (χ1) is 14.8. The standard InChI is InChI=1S/C26H18N4/c1-2-16-14-15-20-18-9-4-6-12-22(18)28-26(20)24(16)30-29-23-13-7-10-19-17-8-3-5-11-21(17)27-25(19)23/h2-15,27-28H,1H2. The summed E-state index contributed by atoms with van der Waals surface area (Å²) in [5, 5.41) is 14.0. The minimum Gasteiger partial charge on any atom is -0.353 e. The van der Waals surface area contributed by atoms with Gasteiger partial charge < -0.3 is 9.97 Å². The number of hydrogen-bond donors (Lipinski definition) is 2. The van der Waals surface area contributed by atoms with Gasteiger partial charge in [0.1, 0.15) is 11.4 Å². The molecule has 4 heteroatoms. The van der Waals surface area contributed by atoms with Gasteiger partial charge in [-0.25, -0.2) is 0 Å². The maximum Gasteiger partial charge on any atom is 0.117 e. The topological polar surface area (TPSA) is 56.3 Å². The molecule has 6 aromatic rings. The third kappa shape index (κ3) is 2.40. The first-order valence-corrected chi connectivity index (χ1v) is 9.90. The molecule has 0 saturated carbocycles. The van der Waals surface area contributed by atoms with Gasteiger partial charge in [0, 0.05) is 38.1 Å². The van der Waals surface area contributed by atoms with Gasteiger partial charge in [-0.15, -0.1) is 10.2 Å². The van der Waals surface area contributed by atoms with Crippen molar-refractivity contribution in [2.75, 3.05) is 0 Å². The Morgan fingerprint density at radius 2 is 1.23 bits per heavy atom. The number of aromatic nitrogens is 2. The summed E-state index contributed by atoms with van der Waals surface area (Å²) >= 11 is 0. The van der Waals surface area contributed by atoms with E-state index in [-0.39, 0.29) is 0 Å². The molecule has 0 aliphatic carbocycles. The van der Waals surface area contributed by atoms with Crippen molar-refractivity contribution in [3.05, 3.63) is 91.0 Å². The van der Waals surface area contributed by atoms with E-state index >= 15 is 0 Å². The van der Waals surface area contributed by atoms with Gasteiger partial charge in [-0.05, 0) is 18.2 Å². The molecule has 0 atom stereocenters. The molecule has 0 unspecified atom stereocenters. The van der Waals surface area contributed by atoms with Crippen LogP contribution >= 0.6 is 0 Å². The minimum atomic E-state index is 0.798. The van der Waals surface area contributed by atoms with E-state index in [1.807, 2.05) is 36.4 Å². The summed E-state index contributed by atoms with van der Waals surface area (Å²) < 4.78 is 0. The molecule has 142 valence electrons. The fraction of sp³-hybridized carbons (Fsp3) is 0. The molecule has 2 aromatic heterocycles. The predicted molar refractivity (Wildman–Crippen MR) is 126 cm³/mol. The predicted octanol–water partition coefficient (Wildman–Crippen LogP) is 8.01. The Kier molecular flexibility index (Phi) is 3.59. The second-order valence-corrected chi connectivity index (χ2v) is 7.37. The summed E-state index contributed by atoms with van der Waals surface area (Å²) in [6.45, 7) is 3.96. The molecule has 0 amide bonds. The molecule has 0 spiro atoms. The van der Waals surface area contributed by atoms with Crippen LogP contribution in [0.25, 0.3) is 49.7 Å². The second-order valence-electron chi connectivity index (χ2n) is 7.37. The molecule has 30 heavy (non-hydrogen) atoms. The quantitative estimate of drug-likeness (QED) is 0.289. The highest BCUT2D eigenvalue weighted by Crippen LogP contribution is 2.37. The Balaban J connectivity index is 1.58. The number of azo groups is 1. The Morgan fingerprint density at radius 1 is 0.600 bits per heavy atom. The van der Waals surface area contributed by atoms with E-state index in [0.29, 0.717) is 0 Å². The third-order valence-corrected chi connectivity index (χ3v) is 5.68. The van der Waals surface area contributed by atoms with Crippen LogP contribution in [-0.2, 0) is 0 Å². The molecule has 0 radical (unpaired) electrons. The fourth-order valence-corrected chi connectivity index (χ4v) is 4.24. The first-order valence-electron chi connectivity index (χ1n) is 9.90. The van der Waals surface area contributed by atoms with E-state index in [2.05, 4.69) is 70.2 Å². The molecule has 0 aliphatic rings. The number of benzene rings is 4. The lowest BCUT2D eigenvalue weighted by Crippen LogP contribution is -1.77. The molecular weight excluding hydrogens is 368 g/mol. The van der Waals surface area contributed by atoms with Crippen molar-refractivity contribution < 1.29 is 0 Å². The number of hydrogen-bond acceptors (Lipinski definition) is 2. The maximum absolute atomic E-state index is 4.69. The highest BCUT2D eigenvalue weighted by atomic mass is 15.1. The number of nitrogens with zero attached hydrogens (tertiary/aromatic N) is 2. The maximum atomic E-state index is 4.69. The van der Waals surface area contributed by atoms with E-state index in [4.69, 9.17) is 5.11 Å². The van der Waals surface area contributed by atoms with Crippen LogP contribution in [0.5, 0.6) is 0 Å². The summed E-state index contributed by atoms with van der Waals surface area (Å²) in [4.78, 5) is 7.00. The van der Waals surface area contributed by atoms with E-state index in [9.17, 15) is 0 Å². The minimum absolute atomic E-state index is 0.798. The third-order valence-electron chi connectivity index (χ3n) is 5.68. The average molecular weight is 386 g/mol. The van der Waals surface area contributed by atoms with Gasteiger partial charge in [0.15, 0.2) is 0 Å². The monoisotopic (exact) mass is 386 g/mol. The molecular formula is C26H18N4. The van der Waals surface area contributed by atoms with Crippen LogP contribution in [0.4, 0.5) is 11.4 Å². The zero-order valence-corrected chi connectivity index (χ0v) is 16.2. The molecule has 6 rings (SSSR count). The zero-order valence-electron chi connectivity index (χ0n) is 16.2. The van der Waals surface area contributed by atoms with Crippen LogP contribution in [-0.4, -0.2) is 9.97 Å². The van der Waals surface area contributed by atoms with Crippen LogP contribution in [0.2, 0.25) is 0 Å². The molecule has 0 bridgehead atoms.